The van der Waals surface area contributed by atoms with E-state index in [0.29, 0.717) is 17.7 Å². The van der Waals surface area contributed by atoms with Gasteiger partial charge < -0.3 is 4.57 Å². The zero-order chi connectivity index (χ0) is 13.7. The molecule has 0 fully saturated rings. The SMILES string of the molecule is CCCc1nccn1CC(=O)c1ccc(C#N)cc1. The lowest BCUT2D eigenvalue weighted by Crippen LogP contribution is -2.12. The van der Waals surface area contributed by atoms with Crippen molar-refractivity contribution < 1.29 is 4.79 Å². The number of aromatic nitrogens is 2. The molecule has 0 saturated heterocycles. The van der Waals surface area contributed by atoms with Gasteiger partial charge in [0.05, 0.1) is 18.2 Å². The highest BCUT2D eigenvalue weighted by molar-refractivity contribution is 5.96. The summed E-state index contributed by atoms with van der Waals surface area (Å²) in [5, 5.41) is 8.72. The van der Waals surface area contributed by atoms with Crippen molar-refractivity contribution in [2.75, 3.05) is 0 Å². The van der Waals surface area contributed by atoms with Crippen LogP contribution in [0.2, 0.25) is 0 Å². The molecular formula is C15H15N3O. The first-order valence-corrected chi connectivity index (χ1v) is 6.28. The fourth-order valence-electron chi connectivity index (χ4n) is 1.91. The monoisotopic (exact) mass is 253 g/mol. The quantitative estimate of drug-likeness (QED) is 0.769. The van der Waals surface area contributed by atoms with Gasteiger partial charge in [-0.2, -0.15) is 5.26 Å². The number of hydrogen-bond donors (Lipinski definition) is 0. The minimum Gasteiger partial charge on any atom is -0.327 e. The van der Waals surface area contributed by atoms with E-state index in [-0.39, 0.29) is 5.78 Å². The maximum absolute atomic E-state index is 12.1. The van der Waals surface area contributed by atoms with Crippen LogP contribution in [0, 0.1) is 11.3 Å². The lowest BCUT2D eigenvalue weighted by molar-refractivity contribution is 0.0971. The molecule has 96 valence electrons. The number of nitriles is 1. The van der Waals surface area contributed by atoms with Crippen LogP contribution in [0.5, 0.6) is 0 Å². The van der Waals surface area contributed by atoms with Gasteiger partial charge in [0.1, 0.15) is 5.82 Å². The fraction of sp³-hybridized carbons (Fsp3) is 0.267. The number of carbonyl (C=O) groups excluding carboxylic acids is 1. The number of Topliss-reactive ketones (excluding diaryl/α,β-unsaturated/α-hetero) is 1. The summed E-state index contributed by atoms with van der Waals surface area (Å²) in [7, 11) is 0. The molecule has 4 heteroatoms. The zero-order valence-electron chi connectivity index (χ0n) is 10.8. The van der Waals surface area contributed by atoms with Crippen molar-refractivity contribution >= 4 is 5.78 Å². The molecule has 2 rings (SSSR count). The first kappa shape index (κ1) is 13.0. The second-order valence-electron chi connectivity index (χ2n) is 4.33. The fourth-order valence-corrected chi connectivity index (χ4v) is 1.91. The van der Waals surface area contributed by atoms with E-state index >= 15 is 0 Å². The second kappa shape index (κ2) is 5.96. The first-order chi connectivity index (χ1) is 9.24. The third-order valence-corrected chi connectivity index (χ3v) is 2.93. The predicted molar refractivity (Wildman–Crippen MR) is 71.7 cm³/mol. The van der Waals surface area contributed by atoms with Crippen molar-refractivity contribution in [1.82, 2.24) is 9.55 Å². The Hall–Kier alpha value is -2.41. The number of nitrogens with zero attached hydrogens (tertiary/aromatic N) is 3. The second-order valence-corrected chi connectivity index (χ2v) is 4.33. The molecule has 0 aliphatic rings. The van der Waals surface area contributed by atoms with Gasteiger partial charge in [-0.15, -0.1) is 0 Å². The highest BCUT2D eigenvalue weighted by atomic mass is 16.1. The maximum Gasteiger partial charge on any atom is 0.182 e. The Kier molecular flexibility index (Phi) is 4.09. The van der Waals surface area contributed by atoms with E-state index in [1.165, 1.54) is 0 Å². The van der Waals surface area contributed by atoms with Crippen molar-refractivity contribution in [2.45, 2.75) is 26.3 Å². The molecule has 2 aromatic rings. The number of carbonyl (C=O) groups is 1. The van der Waals surface area contributed by atoms with Crippen molar-refractivity contribution in [3.63, 3.8) is 0 Å². The van der Waals surface area contributed by atoms with Gasteiger partial charge in [0.25, 0.3) is 0 Å². The molecule has 0 aliphatic carbocycles. The van der Waals surface area contributed by atoms with Gasteiger partial charge in [-0.3, -0.25) is 4.79 Å². The van der Waals surface area contributed by atoms with E-state index in [2.05, 4.69) is 11.9 Å². The zero-order valence-corrected chi connectivity index (χ0v) is 10.8. The van der Waals surface area contributed by atoms with E-state index in [1.807, 2.05) is 16.8 Å². The summed E-state index contributed by atoms with van der Waals surface area (Å²) in [6.45, 7) is 2.38. The Morgan fingerprint density at radius 3 is 2.74 bits per heavy atom. The van der Waals surface area contributed by atoms with Crippen LogP contribution in [0.4, 0.5) is 0 Å². The van der Waals surface area contributed by atoms with Crippen LogP contribution >= 0.6 is 0 Å². The van der Waals surface area contributed by atoms with Gasteiger partial charge in [0.2, 0.25) is 0 Å². The highest BCUT2D eigenvalue weighted by Gasteiger charge is 2.09. The molecule has 0 bridgehead atoms. The lowest BCUT2D eigenvalue weighted by Gasteiger charge is -2.06. The third-order valence-electron chi connectivity index (χ3n) is 2.93. The summed E-state index contributed by atoms with van der Waals surface area (Å²) in [5.74, 6) is 0.962. The molecule has 0 N–H and O–H groups in total. The van der Waals surface area contributed by atoms with Gasteiger partial charge in [0, 0.05) is 24.4 Å². The molecule has 1 aromatic carbocycles. The van der Waals surface area contributed by atoms with Crippen LogP contribution in [-0.2, 0) is 13.0 Å². The smallest absolute Gasteiger partial charge is 0.182 e. The van der Waals surface area contributed by atoms with Crippen molar-refractivity contribution in [1.29, 1.82) is 5.26 Å². The van der Waals surface area contributed by atoms with Crippen LogP contribution in [0.25, 0.3) is 0 Å². The molecule has 0 amide bonds. The van der Waals surface area contributed by atoms with Crippen molar-refractivity contribution in [2.24, 2.45) is 0 Å². The van der Waals surface area contributed by atoms with E-state index in [1.54, 1.807) is 30.5 Å². The average molecular weight is 253 g/mol. The number of aryl methyl sites for hydroxylation is 1. The van der Waals surface area contributed by atoms with Crippen molar-refractivity contribution in [3.05, 3.63) is 53.6 Å². The Labute approximate surface area is 112 Å². The summed E-state index contributed by atoms with van der Waals surface area (Å²) in [6, 6.07) is 8.74. The lowest BCUT2D eigenvalue weighted by atomic mass is 10.1. The Morgan fingerprint density at radius 1 is 1.37 bits per heavy atom. The number of imidazole rings is 1. The number of rotatable bonds is 5. The van der Waals surface area contributed by atoms with Crippen LogP contribution in [0.3, 0.4) is 0 Å². The maximum atomic E-state index is 12.1. The standard InChI is InChI=1S/C15H15N3O/c1-2-3-15-17-8-9-18(15)11-14(19)13-6-4-12(10-16)5-7-13/h4-9H,2-3,11H2,1H3. The normalized spacial score (nSPS) is 10.1. The summed E-state index contributed by atoms with van der Waals surface area (Å²) in [4.78, 5) is 16.4. The van der Waals surface area contributed by atoms with Crippen molar-refractivity contribution in [3.8, 4) is 6.07 Å². The predicted octanol–water partition coefficient (Wildman–Crippen LogP) is 2.59. The van der Waals surface area contributed by atoms with Gasteiger partial charge >= 0.3 is 0 Å². The van der Waals surface area contributed by atoms with Crippen LogP contribution in [0.15, 0.2) is 36.7 Å². The number of hydrogen-bond acceptors (Lipinski definition) is 3. The van der Waals surface area contributed by atoms with Gasteiger partial charge in [-0.1, -0.05) is 19.1 Å². The molecule has 0 aliphatic heterocycles. The molecule has 0 unspecified atom stereocenters. The number of ketones is 1. The first-order valence-electron chi connectivity index (χ1n) is 6.28. The van der Waals surface area contributed by atoms with E-state index in [4.69, 9.17) is 5.26 Å². The molecular weight excluding hydrogens is 238 g/mol. The summed E-state index contributed by atoms with van der Waals surface area (Å²) >= 11 is 0. The van der Waals surface area contributed by atoms with Gasteiger partial charge in [-0.05, 0) is 18.6 Å². The van der Waals surface area contributed by atoms with Gasteiger partial charge in [0.15, 0.2) is 5.78 Å². The van der Waals surface area contributed by atoms with Gasteiger partial charge in [-0.25, -0.2) is 4.98 Å². The Balaban J connectivity index is 2.12. The van der Waals surface area contributed by atoms with Crippen LogP contribution < -0.4 is 0 Å². The Morgan fingerprint density at radius 2 is 2.11 bits per heavy atom. The summed E-state index contributed by atoms with van der Waals surface area (Å²) < 4.78 is 1.88. The Bertz CT molecular complexity index is 605. The molecule has 0 spiro atoms. The van der Waals surface area contributed by atoms with E-state index in [0.717, 1.165) is 18.7 Å². The topological polar surface area (TPSA) is 58.7 Å². The van der Waals surface area contributed by atoms with Crippen LogP contribution in [-0.4, -0.2) is 15.3 Å². The van der Waals surface area contributed by atoms with E-state index < -0.39 is 0 Å². The average Bonchev–Trinajstić information content (AvgIpc) is 2.86. The van der Waals surface area contributed by atoms with E-state index in [9.17, 15) is 4.79 Å². The molecule has 0 radical (unpaired) electrons. The molecule has 0 saturated carbocycles. The minimum atomic E-state index is 0.0276. The molecule has 1 aromatic heterocycles. The third kappa shape index (κ3) is 3.08. The molecule has 4 nitrogen and oxygen atoms in total. The molecule has 1 heterocycles. The largest absolute Gasteiger partial charge is 0.327 e. The number of benzene rings is 1. The summed E-state index contributed by atoms with van der Waals surface area (Å²) in [6.07, 6.45) is 5.42. The summed E-state index contributed by atoms with van der Waals surface area (Å²) in [5.41, 5.74) is 1.18. The highest BCUT2D eigenvalue weighted by Crippen LogP contribution is 2.08. The molecule has 19 heavy (non-hydrogen) atoms. The molecule has 0 atom stereocenters. The minimum absolute atomic E-state index is 0.0276. The van der Waals surface area contributed by atoms with Crippen LogP contribution in [0.1, 0.15) is 35.1 Å².